The Morgan fingerprint density at radius 2 is 1.03 bits per heavy atom. The predicted molar refractivity (Wildman–Crippen MR) is 138 cm³/mol. The Hall–Kier alpha value is -3.02. The van der Waals surface area contributed by atoms with Gasteiger partial charge in [0.25, 0.3) is 0 Å². The number of carbonyl (C=O) groups is 2. The van der Waals surface area contributed by atoms with E-state index in [0.717, 1.165) is 22.3 Å². The third kappa shape index (κ3) is 7.48. The minimum Gasteiger partial charge on any atom is -0.504 e. The van der Waals surface area contributed by atoms with Crippen molar-refractivity contribution in [1.82, 2.24) is 0 Å². The summed E-state index contributed by atoms with van der Waals surface area (Å²) in [6.07, 6.45) is 1.31. The number of ketones is 2. The number of benzene rings is 2. The van der Waals surface area contributed by atoms with Gasteiger partial charge in [-0.05, 0) is 46.9 Å². The van der Waals surface area contributed by atoms with Gasteiger partial charge in [0.15, 0.2) is 23.0 Å². The maximum atomic E-state index is 12.5. The summed E-state index contributed by atoms with van der Waals surface area (Å²) < 4.78 is 10.6. The normalized spacial score (nSPS) is 11.9. The van der Waals surface area contributed by atoms with Gasteiger partial charge < -0.3 is 19.7 Å². The molecule has 6 nitrogen and oxygen atoms in total. The molecule has 0 unspecified atom stereocenters. The number of carbonyl (C=O) groups excluding carboxylic acids is 2. The lowest BCUT2D eigenvalue weighted by atomic mass is 9.84. The molecule has 0 saturated carbocycles. The van der Waals surface area contributed by atoms with Crippen molar-refractivity contribution in [3.8, 4) is 23.0 Å². The second-order valence-corrected chi connectivity index (χ2v) is 11.1. The second kappa shape index (κ2) is 11.1. The zero-order chi connectivity index (χ0) is 26.6. The van der Waals surface area contributed by atoms with E-state index in [0.29, 0.717) is 24.3 Å². The van der Waals surface area contributed by atoms with Gasteiger partial charge in [-0.1, -0.05) is 53.7 Å². The summed E-state index contributed by atoms with van der Waals surface area (Å²) in [4.78, 5) is 25.0. The van der Waals surface area contributed by atoms with Crippen LogP contribution in [0.15, 0.2) is 24.3 Å². The quantitative estimate of drug-likeness (QED) is 0.414. The minimum absolute atomic E-state index is 0.108. The number of ether oxygens (including phenoxy) is 2. The first-order valence-corrected chi connectivity index (χ1v) is 12.0. The summed E-state index contributed by atoms with van der Waals surface area (Å²) in [5.74, 6) is 0.775. The van der Waals surface area contributed by atoms with Crippen LogP contribution in [-0.2, 0) is 33.3 Å². The molecule has 0 radical (unpaired) electrons. The van der Waals surface area contributed by atoms with E-state index >= 15 is 0 Å². The predicted octanol–water partition coefficient (Wildman–Crippen LogP) is 5.80. The fourth-order valence-corrected chi connectivity index (χ4v) is 4.04. The summed E-state index contributed by atoms with van der Waals surface area (Å²) in [6, 6.07) is 7.28. The largest absolute Gasteiger partial charge is 0.504 e. The van der Waals surface area contributed by atoms with E-state index in [2.05, 4.69) is 0 Å². The molecule has 0 aromatic heterocycles. The highest BCUT2D eigenvalue weighted by molar-refractivity contribution is 5.99. The lowest BCUT2D eigenvalue weighted by Crippen LogP contribution is -2.14. The molecule has 6 heteroatoms. The first kappa shape index (κ1) is 28.2. The van der Waals surface area contributed by atoms with Crippen LogP contribution >= 0.6 is 0 Å². The Bertz CT molecular complexity index is 985. The molecule has 0 spiro atoms. The van der Waals surface area contributed by atoms with Gasteiger partial charge in [-0.3, -0.25) is 9.59 Å². The first-order valence-electron chi connectivity index (χ1n) is 12.0. The summed E-state index contributed by atoms with van der Waals surface area (Å²) in [6.45, 7) is 12.0. The number of aryl methyl sites for hydroxylation is 2. The fourth-order valence-electron chi connectivity index (χ4n) is 4.04. The maximum absolute atomic E-state index is 12.5. The van der Waals surface area contributed by atoms with Crippen LogP contribution in [0, 0.1) is 0 Å². The van der Waals surface area contributed by atoms with Crippen molar-refractivity contribution in [1.29, 1.82) is 0 Å². The Labute approximate surface area is 209 Å². The average molecular weight is 485 g/mol. The fraction of sp³-hybridized carbons (Fsp3) is 0.517. The van der Waals surface area contributed by atoms with E-state index in [1.807, 2.05) is 53.7 Å². The maximum Gasteiger partial charge on any atom is 0.161 e. The van der Waals surface area contributed by atoms with Crippen LogP contribution in [0.2, 0.25) is 0 Å². The molecule has 2 aromatic rings. The SMILES string of the molecule is COc1cc(CCC(=O)CC(=O)CCc2cc(OC)c(O)c(C(C)(C)C)c2)cc(C(C)(C)C)c1O. The van der Waals surface area contributed by atoms with Crippen molar-refractivity contribution in [2.45, 2.75) is 84.5 Å². The molecular weight excluding hydrogens is 444 g/mol. The molecule has 35 heavy (non-hydrogen) atoms. The molecule has 0 amide bonds. The van der Waals surface area contributed by atoms with Gasteiger partial charge in [-0.15, -0.1) is 0 Å². The van der Waals surface area contributed by atoms with Crippen molar-refractivity contribution >= 4 is 11.6 Å². The zero-order valence-corrected chi connectivity index (χ0v) is 22.4. The number of methoxy groups -OCH3 is 2. The van der Waals surface area contributed by atoms with Crippen LogP contribution in [0.1, 0.15) is 83.1 Å². The highest BCUT2D eigenvalue weighted by Crippen LogP contribution is 2.40. The zero-order valence-electron chi connectivity index (χ0n) is 22.4. The van der Waals surface area contributed by atoms with Crippen LogP contribution in [-0.4, -0.2) is 36.0 Å². The van der Waals surface area contributed by atoms with E-state index < -0.39 is 0 Å². The molecule has 0 saturated heterocycles. The number of hydrogen-bond acceptors (Lipinski definition) is 6. The number of rotatable bonds is 10. The van der Waals surface area contributed by atoms with Crippen molar-refractivity contribution in [3.63, 3.8) is 0 Å². The monoisotopic (exact) mass is 484 g/mol. The van der Waals surface area contributed by atoms with Gasteiger partial charge >= 0.3 is 0 Å². The minimum atomic E-state index is -0.281. The molecule has 0 heterocycles. The molecule has 0 atom stereocenters. The Morgan fingerprint density at radius 1 is 0.686 bits per heavy atom. The van der Waals surface area contributed by atoms with E-state index in [9.17, 15) is 19.8 Å². The van der Waals surface area contributed by atoms with Crippen molar-refractivity contribution < 1.29 is 29.3 Å². The lowest BCUT2D eigenvalue weighted by Gasteiger charge is -2.23. The van der Waals surface area contributed by atoms with Gasteiger partial charge in [0.2, 0.25) is 0 Å². The Kier molecular flexibility index (Phi) is 8.99. The third-order valence-corrected chi connectivity index (χ3v) is 6.10. The summed E-state index contributed by atoms with van der Waals surface area (Å²) in [5, 5.41) is 20.9. The van der Waals surface area contributed by atoms with Gasteiger partial charge in [0, 0.05) is 24.0 Å². The molecule has 0 bridgehead atoms. The molecule has 0 aliphatic carbocycles. The molecule has 2 rings (SSSR count). The Balaban J connectivity index is 2.01. The van der Waals surface area contributed by atoms with Gasteiger partial charge in [0.1, 0.15) is 11.6 Å². The first-order chi connectivity index (χ1) is 16.2. The van der Waals surface area contributed by atoms with Gasteiger partial charge in [-0.2, -0.15) is 0 Å². The molecule has 192 valence electrons. The topological polar surface area (TPSA) is 93.1 Å². The summed E-state index contributed by atoms with van der Waals surface area (Å²) >= 11 is 0. The summed E-state index contributed by atoms with van der Waals surface area (Å²) in [5.41, 5.74) is 2.73. The van der Waals surface area contributed by atoms with Crippen LogP contribution in [0.25, 0.3) is 0 Å². The molecule has 2 aromatic carbocycles. The lowest BCUT2D eigenvalue weighted by molar-refractivity contribution is -0.126. The van der Waals surface area contributed by atoms with Gasteiger partial charge in [-0.25, -0.2) is 0 Å². The molecular formula is C29H40O6. The number of hydrogen-bond donors (Lipinski definition) is 2. The van der Waals surface area contributed by atoms with Crippen LogP contribution in [0.4, 0.5) is 0 Å². The van der Waals surface area contributed by atoms with Crippen molar-refractivity contribution in [3.05, 3.63) is 46.5 Å². The number of phenols is 2. The van der Waals surface area contributed by atoms with Crippen molar-refractivity contribution in [2.24, 2.45) is 0 Å². The molecule has 0 fully saturated rings. The molecule has 0 aliphatic heterocycles. The second-order valence-electron chi connectivity index (χ2n) is 11.1. The number of phenolic OH excluding ortho intramolecular Hbond substituents is 2. The van der Waals surface area contributed by atoms with E-state index in [4.69, 9.17) is 9.47 Å². The summed E-state index contributed by atoms with van der Waals surface area (Å²) in [7, 11) is 3.01. The Morgan fingerprint density at radius 3 is 1.31 bits per heavy atom. The third-order valence-electron chi connectivity index (χ3n) is 6.10. The van der Waals surface area contributed by atoms with Crippen molar-refractivity contribution in [2.75, 3.05) is 14.2 Å². The number of aromatic hydroxyl groups is 2. The van der Waals surface area contributed by atoms with Crippen LogP contribution < -0.4 is 9.47 Å². The highest BCUT2D eigenvalue weighted by atomic mass is 16.5. The van der Waals surface area contributed by atoms with Crippen LogP contribution in [0.3, 0.4) is 0 Å². The molecule has 2 N–H and O–H groups in total. The highest BCUT2D eigenvalue weighted by Gasteiger charge is 2.23. The van der Waals surface area contributed by atoms with E-state index in [1.54, 1.807) is 12.1 Å². The van der Waals surface area contributed by atoms with E-state index in [-0.39, 0.29) is 53.2 Å². The van der Waals surface area contributed by atoms with Crippen LogP contribution in [0.5, 0.6) is 23.0 Å². The average Bonchev–Trinajstić information content (AvgIpc) is 2.75. The van der Waals surface area contributed by atoms with E-state index in [1.165, 1.54) is 14.2 Å². The van der Waals surface area contributed by atoms with Gasteiger partial charge in [0.05, 0.1) is 20.6 Å². The smallest absolute Gasteiger partial charge is 0.161 e. The standard InChI is InChI=1S/C29H40O6/c1-28(2,3)22-13-18(15-24(34-7)26(22)32)9-11-20(30)17-21(31)12-10-19-14-23(29(4,5)6)27(33)25(16-19)35-8/h13-16,32-33H,9-12,17H2,1-8H3. The molecule has 0 aliphatic rings. The number of Topliss-reactive ketones (excluding diaryl/α,β-unsaturated/α-hetero) is 2.